The van der Waals surface area contributed by atoms with E-state index >= 15 is 0 Å². The van der Waals surface area contributed by atoms with Crippen LogP contribution in [0.15, 0.2) is 11.6 Å². The van der Waals surface area contributed by atoms with Gasteiger partial charge in [0.1, 0.15) is 91.6 Å². The van der Waals surface area contributed by atoms with Gasteiger partial charge in [0.15, 0.2) is 30.9 Å². The van der Waals surface area contributed by atoms with Crippen LogP contribution in [0.1, 0.15) is 92.4 Å². The van der Waals surface area contributed by atoms with Crippen LogP contribution in [0.2, 0.25) is 0 Å². The molecule has 10 aliphatic rings. The van der Waals surface area contributed by atoms with E-state index in [1.165, 1.54) is 12.5 Å². The maximum absolute atomic E-state index is 12.3. The Balaban J connectivity index is 0.856. The minimum absolute atomic E-state index is 0.0381. The molecule has 74 heavy (non-hydrogen) atoms. The molecule has 8 unspecified atom stereocenters. The standard InChI is InChI=1S/C51H82O23/c1-20-31-27(73-51(20)13-12-48(3,19-55)74-51)15-26-24-7-6-22-14-23(8-10-49(22,4)25(24)9-11-50(26,31)5)66-47-43(72-44-37(61)35(59)32(56)21(2)65-44)39(63)41(30(18-54)69-47)70-46-40(64)42(34(58)29(17-53)68-46)71-45-38(62)36(60)33(57)28(16-52)67-45/h6,20-21,23-47,52-64H,7-19H2,1-5H3/t20-,21-,23-,24?,25?,26?,27?,28+,29+,30+,31?,32-,33+,34+,35+,36-,37+,38+,39-,40+,41+,42-,43+,44-,45?,46?,47+,48-,49-,50-,51?/m0/s1. The molecule has 6 saturated heterocycles. The first-order valence-corrected chi connectivity index (χ1v) is 26.9. The maximum Gasteiger partial charge on any atom is 0.187 e. The zero-order chi connectivity index (χ0) is 53.1. The van der Waals surface area contributed by atoms with Crippen molar-refractivity contribution in [3.8, 4) is 0 Å². The fourth-order valence-electron chi connectivity index (χ4n) is 15.6. The lowest BCUT2D eigenvalue weighted by Crippen LogP contribution is -2.68. The van der Waals surface area contributed by atoms with Gasteiger partial charge in [-0.3, -0.25) is 0 Å². The number of aliphatic hydroxyl groups excluding tert-OH is 13. The monoisotopic (exact) mass is 1060 g/mol. The van der Waals surface area contributed by atoms with Crippen molar-refractivity contribution in [2.75, 3.05) is 26.4 Å². The van der Waals surface area contributed by atoms with Crippen molar-refractivity contribution >= 4 is 0 Å². The van der Waals surface area contributed by atoms with Crippen LogP contribution in [0.4, 0.5) is 0 Å². The Morgan fingerprint density at radius 2 is 1.18 bits per heavy atom. The van der Waals surface area contributed by atoms with Gasteiger partial charge in [-0.25, -0.2) is 0 Å². The van der Waals surface area contributed by atoms with Crippen molar-refractivity contribution in [1.29, 1.82) is 0 Å². The second-order valence-corrected chi connectivity index (χ2v) is 24.1. The normalized spacial score (nSPS) is 57.4. The molecule has 0 radical (unpaired) electrons. The average molecular weight is 1060 g/mol. The zero-order valence-electron chi connectivity index (χ0n) is 42.8. The third kappa shape index (κ3) is 9.29. The first kappa shape index (κ1) is 56.1. The molecule has 31 atom stereocenters. The Bertz CT molecular complexity index is 1990. The summed E-state index contributed by atoms with van der Waals surface area (Å²) >= 11 is 0. The van der Waals surface area contributed by atoms with Gasteiger partial charge in [-0.15, -0.1) is 0 Å². The summed E-state index contributed by atoms with van der Waals surface area (Å²) < 4.78 is 61.7. The lowest BCUT2D eigenvalue weighted by Gasteiger charge is -2.58. The topological polar surface area (TPSA) is 355 Å². The van der Waals surface area contributed by atoms with Crippen LogP contribution in [0, 0.1) is 40.4 Å². The molecule has 3 saturated carbocycles. The van der Waals surface area contributed by atoms with Crippen molar-refractivity contribution in [3.05, 3.63) is 11.6 Å². The molecule has 0 amide bonds. The number of hydrogen-bond acceptors (Lipinski definition) is 23. The molecule has 23 heteroatoms. The molecule has 0 aromatic carbocycles. The zero-order valence-corrected chi connectivity index (χ0v) is 42.8. The van der Waals surface area contributed by atoms with Crippen LogP contribution in [-0.4, -0.2) is 239 Å². The Labute approximate surface area is 430 Å². The molecule has 10 rings (SSSR count). The third-order valence-electron chi connectivity index (χ3n) is 20.0. The third-order valence-corrected chi connectivity index (χ3v) is 20.0. The van der Waals surface area contributed by atoms with E-state index in [9.17, 15) is 66.4 Å². The summed E-state index contributed by atoms with van der Waals surface area (Å²) in [6, 6.07) is 0. The fraction of sp³-hybridized carbons (Fsp3) is 0.961. The van der Waals surface area contributed by atoms with E-state index in [1.807, 2.05) is 6.92 Å². The van der Waals surface area contributed by atoms with Crippen LogP contribution >= 0.6 is 0 Å². The molecule has 0 aromatic heterocycles. The van der Waals surface area contributed by atoms with Crippen molar-refractivity contribution in [2.24, 2.45) is 40.4 Å². The molecule has 9 fully saturated rings. The van der Waals surface area contributed by atoms with E-state index in [1.54, 1.807) is 0 Å². The average Bonchev–Trinajstić information content (AvgIpc) is 3.99. The summed E-state index contributed by atoms with van der Waals surface area (Å²) in [5.41, 5.74) is 0.615. The van der Waals surface area contributed by atoms with Gasteiger partial charge >= 0.3 is 0 Å². The Kier molecular flexibility index (Phi) is 16.0. The molecule has 6 aliphatic heterocycles. The van der Waals surface area contributed by atoms with Crippen LogP contribution in [0.3, 0.4) is 0 Å². The number of aliphatic hydroxyl groups is 13. The summed E-state index contributed by atoms with van der Waals surface area (Å²) in [5, 5.41) is 140. The minimum atomic E-state index is -2.01. The molecular weight excluding hydrogens is 981 g/mol. The van der Waals surface area contributed by atoms with Gasteiger partial charge in [-0.1, -0.05) is 32.4 Å². The lowest BCUT2D eigenvalue weighted by molar-refractivity contribution is -0.396. The summed E-state index contributed by atoms with van der Waals surface area (Å²) in [6.07, 6.45) is -24.1. The predicted molar refractivity (Wildman–Crippen MR) is 248 cm³/mol. The van der Waals surface area contributed by atoms with Gasteiger partial charge in [-0.2, -0.15) is 0 Å². The van der Waals surface area contributed by atoms with E-state index < -0.39 is 160 Å². The van der Waals surface area contributed by atoms with Gasteiger partial charge in [-0.05, 0) is 99.7 Å². The SMILES string of the molecule is C[C@@H]1O[C@@H](O[C@H]2[C@H](O[C@H]3CC[C@@]4(C)C(=CCC5C6CC7OC8(CC[C@@](C)(CO)O8)[C@@H](C)C7[C@@]6(C)CCC54)C3)O[C@H](CO)[C@@H](OC3O[C@H](CO)[C@@H](O)[C@H](OC4O[C@H](CO)[C@@H](O)[C@H](O)[C@H]4O)[C@H]3O)[C@@H]2O)[C@H](O)[C@H](O)[C@H]1O. The molecule has 6 heterocycles. The van der Waals surface area contributed by atoms with Crippen molar-refractivity contribution < 1.29 is 114 Å². The van der Waals surface area contributed by atoms with Crippen molar-refractivity contribution in [2.45, 2.75) is 239 Å². The quantitative estimate of drug-likeness (QED) is 0.0875. The second-order valence-electron chi connectivity index (χ2n) is 24.1. The Hall–Kier alpha value is -1.18. The first-order valence-electron chi connectivity index (χ1n) is 26.9. The highest BCUT2D eigenvalue weighted by Crippen LogP contribution is 2.71. The van der Waals surface area contributed by atoms with E-state index in [4.69, 9.17) is 47.4 Å². The lowest BCUT2D eigenvalue weighted by atomic mass is 9.47. The van der Waals surface area contributed by atoms with E-state index in [-0.39, 0.29) is 29.5 Å². The second kappa shape index (κ2) is 21.0. The van der Waals surface area contributed by atoms with Crippen molar-refractivity contribution in [3.63, 3.8) is 0 Å². The van der Waals surface area contributed by atoms with E-state index in [0.717, 1.165) is 44.9 Å². The first-order chi connectivity index (χ1) is 35.0. The maximum atomic E-state index is 12.3. The molecule has 424 valence electrons. The Morgan fingerprint density at radius 3 is 1.84 bits per heavy atom. The number of fused-ring (bicyclic) bond motifs is 7. The molecule has 1 spiro atoms. The van der Waals surface area contributed by atoms with Crippen molar-refractivity contribution in [1.82, 2.24) is 0 Å². The summed E-state index contributed by atoms with van der Waals surface area (Å²) in [6.45, 7) is 8.05. The summed E-state index contributed by atoms with van der Waals surface area (Å²) in [7, 11) is 0. The van der Waals surface area contributed by atoms with Gasteiger partial charge in [0.05, 0.1) is 50.3 Å². The summed E-state index contributed by atoms with van der Waals surface area (Å²) in [4.78, 5) is 0. The summed E-state index contributed by atoms with van der Waals surface area (Å²) in [5.74, 6) is 1.22. The van der Waals surface area contributed by atoms with E-state index in [2.05, 4.69) is 26.8 Å². The fourth-order valence-corrected chi connectivity index (χ4v) is 15.6. The molecule has 13 N–H and O–H groups in total. The number of rotatable bonds is 12. The molecule has 4 aliphatic carbocycles. The molecule has 23 nitrogen and oxygen atoms in total. The highest BCUT2D eigenvalue weighted by Gasteiger charge is 2.70. The highest BCUT2D eigenvalue weighted by atomic mass is 16.8. The van der Waals surface area contributed by atoms with E-state index in [0.29, 0.717) is 36.5 Å². The van der Waals surface area contributed by atoms with Gasteiger partial charge in [0, 0.05) is 12.3 Å². The largest absolute Gasteiger partial charge is 0.394 e. The molecule has 0 aromatic rings. The number of allylic oxidation sites excluding steroid dienone is 1. The van der Waals surface area contributed by atoms with Crippen LogP contribution in [0.5, 0.6) is 0 Å². The van der Waals surface area contributed by atoms with Gasteiger partial charge in [0.25, 0.3) is 0 Å². The van der Waals surface area contributed by atoms with Gasteiger partial charge in [0.2, 0.25) is 0 Å². The highest BCUT2D eigenvalue weighted by molar-refractivity contribution is 5.27. The molecule has 0 bridgehead atoms. The number of ether oxygens (including phenoxy) is 10. The van der Waals surface area contributed by atoms with Crippen LogP contribution in [-0.2, 0) is 47.4 Å². The molecular formula is C51H82O23. The Morgan fingerprint density at radius 1 is 0.568 bits per heavy atom. The smallest absolute Gasteiger partial charge is 0.187 e. The van der Waals surface area contributed by atoms with Gasteiger partial charge < -0.3 is 114 Å². The van der Waals surface area contributed by atoms with Crippen LogP contribution in [0.25, 0.3) is 0 Å². The minimum Gasteiger partial charge on any atom is -0.394 e. The predicted octanol–water partition coefficient (Wildman–Crippen LogP) is -2.85. The number of hydrogen-bond donors (Lipinski definition) is 13. The van der Waals surface area contributed by atoms with Crippen LogP contribution < -0.4 is 0 Å².